The number of ether oxygens (including phenoxy) is 1. The molecule has 0 atom stereocenters. The van der Waals surface area contributed by atoms with Crippen LogP contribution in [0.3, 0.4) is 0 Å². The number of hydrogen-bond donors (Lipinski definition) is 2. The summed E-state index contributed by atoms with van der Waals surface area (Å²) in [5, 5.41) is 2.62. The van der Waals surface area contributed by atoms with Crippen molar-refractivity contribution in [2.24, 2.45) is 0 Å². The zero-order valence-electron chi connectivity index (χ0n) is 11.1. The molecule has 0 bridgehead atoms. The number of carbonyl (C=O) groups excluding carboxylic acids is 1. The van der Waals surface area contributed by atoms with Gasteiger partial charge in [-0.15, -0.1) is 0 Å². The van der Waals surface area contributed by atoms with Gasteiger partial charge in [0.05, 0.1) is 13.2 Å². The normalized spacial score (nSPS) is 16.6. The van der Waals surface area contributed by atoms with Crippen LogP contribution in [-0.2, 0) is 19.7 Å². The van der Waals surface area contributed by atoms with E-state index in [2.05, 4.69) is 10.0 Å². The van der Waals surface area contributed by atoms with Crippen LogP contribution in [0.4, 0.5) is 11.4 Å². The molecular formula is C12H17N3O4S. The molecule has 0 unspecified atom stereocenters. The summed E-state index contributed by atoms with van der Waals surface area (Å²) in [5.41, 5.74) is 1.07. The lowest BCUT2D eigenvalue weighted by molar-refractivity contribution is -0.114. The van der Waals surface area contributed by atoms with E-state index in [9.17, 15) is 13.2 Å². The van der Waals surface area contributed by atoms with Gasteiger partial charge in [0, 0.05) is 31.4 Å². The molecule has 1 aliphatic heterocycles. The molecule has 0 spiro atoms. The molecule has 1 aliphatic rings. The molecule has 0 radical (unpaired) electrons. The van der Waals surface area contributed by atoms with Gasteiger partial charge in [-0.25, -0.2) is 0 Å². The maximum Gasteiger partial charge on any atom is 0.301 e. The Morgan fingerprint density at radius 2 is 1.70 bits per heavy atom. The van der Waals surface area contributed by atoms with E-state index >= 15 is 0 Å². The molecule has 0 aliphatic carbocycles. The Kier molecular flexibility index (Phi) is 4.58. The minimum Gasteiger partial charge on any atom is -0.379 e. The maximum atomic E-state index is 12.1. The van der Waals surface area contributed by atoms with Gasteiger partial charge in [0.1, 0.15) is 0 Å². The quantitative estimate of drug-likeness (QED) is 0.854. The monoisotopic (exact) mass is 299 g/mol. The van der Waals surface area contributed by atoms with Crippen molar-refractivity contribution in [3.05, 3.63) is 24.3 Å². The number of anilines is 2. The van der Waals surface area contributed by atoms with Crippen molar-refractivity contribution in [1.82, 2.24) is 4.31 Å². The predicted octanol–water partition coefficient (Wildman–Crippen LogP) is 0.634. The maximum absolute atomic E-state index is 12.1. The van der Waals surface area contributed by atoms with Crippen LogP contribution >= 0.6 is 0 Å². The third-order valence-electron chi connectivity index (χ3n) is 2.76. The second-order valence-electron chi connectivity index (χ2n) is 4.38. The summed E-state index contributed by atoms with van der Waals surface area (Å²) in [5.74, 6) is -0.174. The summed E-state index contributed by atoms with van der Waals surface area (Å²) < 4.78 is 33.2. The summed E-state index contributed by atoms with van der Waals surface area (Å²) in [6.45, 7) is 2.92. The molecule has 1 aromatic rings. The van der Waals surface area contributed by atoms with Crippen LogP contribution < -0.4 is 10.0 Å². The van der Waals surface area contributed by atoms with Gasteiger partial charge in [0.2, 0.25) is 5.91 Å². The fraction of sp³-hybridized carbons (Fsp3) is 0.417. The van der Waals surface area contributed by atoms with Gasteiger partial charge < -0.3 is 10.1 Å². The average Bonchev–Trinajstić information content (AvgIpc) is 2.41. The summed E-state index contributed by atoms with van der Waals surface area (Å²) in [6.07, 6.45) is 0. The summed E-state index contributed by atoms with van der Waals surface area (Å²) >= 11 is 0. The molecular weight excluding hydrogens is 282 g/mol. The van der Waals surface area contributed by atoms with Crippen LogP contribution in [0.25, 0.3) is 0 Å². The van der Waals surface area contributed by atoms with E-state index in [0.29, 0.717) is 37.7 Å². The number of carbonyl (C=O) groups is 1. The van der Waals surface area contributed by atoms with E-state index in [0.717, 1.165) is 0 Å². The van der Waals surface area contributed by atoms with Crippen LogP contribution in [0.5, 0.6) is 0 Å². The second kappa shape index (κ2) is 6.21. The minimum absolute atomic E-state index is 0.174. The van der Waals surface area contributed by atoms with E-state index in [1.807, 2.05) is 0 Å². The highest BCUT2D eigenvalue weighted by Gasteiger charge is 2.23. The van der Waals surface area contributed by atoms with Gasteiger partial charge in [-0.1, -0.05) is 0 Å². The molecule has 1 aromatic carbocycles. The largest absolute Gasteiger partial charge is 0.379 e. The van der Waals surface area contributed by atoms with Crippen molar-refractivity contribution in [3.8, 4) is 0 Å². The molecule has 1 heterocycles. The Hall–Kier alpha value is -1.64. The molecule has 110 valence electrons. The summed E-state index contributed by atoms with van der Waals surface area (Å²) in [7, 11) is -3.56. The Balaban J connectivity index is 2.03. The first-order valence-corrected chi connectivity index (χ1v) is 7.65. The van der Waals surface area contributed by atoms with Gasteiger partial charge in [0.15, 0.2) is 0 Å². The fourth-order valence-corrected chi connectivity index (χ4v) is 3.02. The van der Waals surface area contributed by atoms with Crippen molar-refractivity contribution in [1.29, 1.82) is 0 Å². The van der Waals surface area contributed by atoms with Crippen LogP contribution in [0.1, 0.15) is 6.92 Å². The Bertz CT molecular complexity index is 565. The second-order valence-corrected chi connectivity index (χ2v) is 6.05. The van der Waals surface area contributed by atoms with Crippen molar-refractivity contribution in [2.45, 2.75) is 6.92 Å². The molecule has 1 saturated heterocycles. The van der Waals surface area contributed by atoms with Crippen molar-refractivity contribution in [2.75, 3.05) is 36.3 Å². The first-order valence-electron chi connectivity index (χ1n) is 6.21. The van der Waals surface area contributed by atoms with Crippen LogP contribution in [0.2, 0.25) is 0 Å². The molecule has 20 heavy (non-hydrogen) atoms. The molecule has 2 rings (SSSR count). The standard InChI is InChI=1S/C12H17N3O4S/c1-10(16)13-11-2-4-12(5-3-11)14-20(17,18)15-6-8-19-9-7-15/h2-5,14H,6-9H2,1H3,(H,13,16). The predicted molar refractivity (Wildman–Crippen MR) is 75.7 cm³/mol. The van der Waals surface area contributed by atoms with E-state index in [-0.39, 0.29) is 5.91 Å². The highest BCUT2D eigenvalue weighted by Crippen LogP contribution is 2.16. The van der Waals surface area contributed by atoms with Gasteiger partial charge >= 0.3 is 10.2 Å². The lowest BCUT2D eigenvalue weighted by Crippen LogP contribution is -2.43. The van der Waals surface area contributed by atoms with Gasteiger partial charge in [-0.3, -0.25) is 9.52 Å². The number of nitrogens with one attached hydrogen (secondary N) is 2. The average molecular weight is 299 g/mol. The van der Waals surface area contributed by atoms with Crippen molar-refractivity contribution in [3.63, 3.8) is 0 Å². The highest BCUT2D eigenvalue weighted by atomic mass is 32.2. The number of hydrogen-bond acceptors (Lipinski definition) is 4. The van der Waals surface area contributed by atoms with Crippen LogP contribution in [0.15, 0.2) is 24.3 Å². The summed E-state index contributed by atoms with van der Waals surface area (Å²) in [4.78, 5) is 10.9. The molecule has 7 nitrogen and oxygen atoms in total. The smallest absolute Gasteiger partial charge is 0.301 e. The molecule has 0 aromatic heterocycles. The first kappa shape index (κ1) is 14.8. The Morgan fingerprint density at radius 1 is 1.15 bits per heavy atom. The zero-order valence-corrected chi connectivity index (χ0v) is 11.9. The number of nitrogens with zero attached hydrogens (tertiary/aromatic N) is 1. The van der Waals surface area contributed by atoms with E-state index in [1.54, 1.807) is 24.3 Å². The Labute approximate surface area is 118 Å². The van der Waals surface area contributed by atoms with Crippen molar-refractivity contribution < 1.29 is 17.9 Å². The molecule has 2 N–H and O–H groups in total. The topological polar surface area (TPSA) is 87.7 Å². The van der Waals surface area contributed by atoms with E-state index < -0.39 is 10.2 Å². The van der Waals surface area contributed by atoms with E-state index in [4.69, 9.17) is 4.74 Å². The number of rotatable bonds is 4. The van der Waals surface area contributed by atoms with Gasteiger partial charge in [-0.05, 0) is 24.3 Å². The third-order valence-corrected chi connectivity index (χ3v) is 4.30. The SMILES string of the molecule is CC(=O)Nc1ccc(NS(=O)(=O)N2CCOCC2)cc1. The minimum atomic E-state index is -3.56. The highest BCUT2D eigenvalue weighted by molar-refractivity contribution is 7.90. The van der Waals surface area contributed by atoms with Crippen molar-refractivity contribution >= 4 is 27.5 Å². The van der Waals surface area contributed by atoms with Crippen LogP contribution in [0, 0.1) is 0 Å². The lowest BCUT2D eigenvalue weighted by atomic mass is 10.3. The first-order chi connectivity index (χ1) is 9.47. The molecule has 1 fully saturated rings. The fourth-order valence-electron chi connectivity index (χ4n) is 1.83. The Morgan fingerprint density at radius 3 is 2.25 bits per heavy atom. The number of morpholine rings is 1. The molecule has 1 amide bonds. The number of benzene rings is 1. The zero-order chi connectivity index (χ0) is 14.6. The van der Waals surface area contributed by atoms with Gasteiger partial charge in [0.25, 0.3) is 0 Å². The molecule has 8 heteroatoms. The summed E-state index contributed by atoms with van der Waals surface area (Å²) in [6, 6.07) is 6.48. The third kappa shape index (κ3) is 3.92. The number of amides is 1. The van der Waals surface area contributed by atoms with E-state index in [1.165, 1.54) is 11.2 Å². The van der Waals surface area contributed by atoms with Crippen LogP contribution in [-0.4, -0.2) is 44.9 Å². The van der Waals surface area contributed by atoms with Gasteiger partial charge in [-0.2, -0.15) is 12.7 Å². The molecule has 0 saturated carbocycles. The lowest BCUT2D eigenvalue weighted by Gasteiger charge is -2.26.